The summed E-state index contributed by atoms with van der Waals surface area (Å²) in [6, 6.07) is 18.0. The molecule has 0 aliphatic heterocycles. The molecule has 0 aromatic heterocycles. The molecule has 1 atom stereocenters. The highest BCUT2D eigenvalue weighted by Crippen LogP contribution is 2.22. The van der Waals surface area contributed by atoms with Crippen LogP contribution in [0.3, 0.4) is 0 Å². The highest BCUT2D eigenvalue weighted by molar-refractivity contribution is 7.92. The van der Waals surface area contributed by atoms with Crippen LogP contribution in [0.1, 0.15) is 30.1 Å². The van der Waals surface area contributed by atoms with E-state index in [0.29, 0.717) is 12.7 Å². The first kappa shape index (κ1) is 20.5. The molecule has 0 saturated heterocycles. The zero-order valence-corrected chi connectivity index (χ0v) is 16.8. The van der Waals surface area contributed by atoms with Crippen molar-refractivity contribution in [2.24, 2.45) is 0 Å². The molecule has 3 rings (SSSR count). The summed E-state index contributed by atoms with van der Waals surface area (Å²) >= 11 is 0. The van der Waals surface area contributed by atoms with E-state index in [1.54, 1.807) is 36.4 Å². The van der Waals surface area contributed by atoms with Crippen LogP contribution in [-0.2, 0) is 14.8 Å². The number of aldehydes is 1. The Kier molecular flexibility index (Phi) is 6.29. The third-order valence-electron chi connectivity index (χ3n) is 4.49. The second-order valence-corrected chi connectivity index (χ2v) is 8.38. The maximum absolute atomic E-state index is 12.8. The van der Waals surface area contributed by atoms with Crippen molar-refractivity contribution < 1.29 is 18.0 Å². The second kappa shape index (κ2) is 8.87. The smallest absolute Gasteiger partial charge is 0.261 e. The Bertz CT molecular complexity index is 1140. The van der Waals surface area contributed by atoms with Gasteiger partial charge in [-0.15, -0.1) is 0 Å². The van der Waals surface area contributed by atoms with E-state index in [0.717, 1.165) is 17.2 Å². The van der Waals surface area contributed by atoms with E-state index >= 15 is 0 Å². The quantitative estimate of drug-likeness (QED) is 0.554. The number of carbonyl (C=O) groups is 2. The number of nitrogens with one attached hydrogen (secondary N) is 2. The molecule has 0 radical (unpaired) electrons. The molecule has 2 N–H and O–H groups in total. The monoisotopic (exact) mass is 410 g/mol. The molecular weight excluding hydrogens is 388 g/mol. The van der Waals surface area contributed by atoms with E-state index in [1.807, 2.05) is 31.2 Å². The lowest BCUT2D eigenvalue weighted by molar-refractivity contribution is -0.109. The van der Waals surface area contributed by atoms with Crippen molar-refractivity contribution in [1.29, 1.82) is 0 Å². The van der Waals surface area contributed by atoms with Gasteiger partial charge in [0.2, 0.25) is 0 Å². The average Bonchev–Trinajstić information content (AvgIpc) is 2.72. The summed E-state index contributed by atoms with van der Waals surface area (Å²) in [6.07, 6.45) is 2.01. The number of amides is 1. The van der Waals surface area contributed by atoms with E-state index in [2.05, 4.69) is 10.0 Å². The molecule has 1 unspecified atom stereocenters. The lowest BCUT2D eigenvalue weighted by atomic mass is 10.1. The van der Waals surface area contributed by atoms with E-state index in [1.165, 1.54) is 6.07 Å². The van der Waals surface area contributed by atoms with E-state index in [4.69, 9.17) is 0 Å². The molecule has 1 amide bonds. The lowest BCUT2D eigenvalue weighted by Crippen LogP contribution is -2.35. The number of rotatable bonds is 8. The summed E-state index contributed by atoms with van der Waals surface area (Å²) in [5.41, 5.74) is 0.538. The highest BCUT2D eigenvalue weighted by Gasteiger charge is 2.17. The van der Waals surface area contributed by atoms with Crippen molar-refractivity contribution in [1.82, 2.24) is 5.32 Å². The molecule has 3 aromatic rings. The lowest BCUT2D eigenvalue weighted by Gasteiger charge is -2.13. The van der Waals surface area contributed by atoms with Crippen LogP contribution in [0.2, 0.25) is 0 Å². The molecule has 0 aliphatic carbocycles. The molecule has 6 nitrogen and oxygen atoms in total. The van der Waals surface area contributed by atoms with Crippen LogP contribution in [0.25, 0.3) is 10.8 Å². The summed E-state index contributed by atoms with van der Waals surface area (Å²) in [4.78, 5) is 23.6. The highest BCUT2D eigenvalue weighted by atomic mass is 32.2. The Labute approximate surface area is 170 Å². The zero-order chi connectivity index (χ0) is 20.9. The van der Waals surface area contributed by atoms with E-state index < -0.39 is 22.0 Å². The van der Waals surface area contributed by atoms with Crippen molar-refractivity contribution in [3.05, 3.63) is 72.3 Å². The summed E-state index contributed by atoms with van der Waals surface area (Å²) in [7, 11) is -3.82. The molecule has 0 saturated carbocycles. The average molecular weight is 410 g/mol. The topological polar surface area (TPSA) is 92.3 Å². The normalized spacial score (nSPS) is 12.3. The molecule has 7 heteroatoms. The third kappa shape index (κ3) is 5.00. The SMILES string of the molecule is CCCC(C=O)NC(=O)c1cccc(NS(=O)(=O)c2ccc3ccccc3c2)c1. The van der Waals surface area contributed by atoms with Crippen LogP contribution in [-0.4, -0.2) is 26.7 Å². The number of sulfonamides is 1. The molecule has 0 aliphatic rings. The summed E-state index contributed by atoms with van der Waals surface area (Å²) in [5, 5.41) is 4.41. The van der Waals surface area contributed by atoms with Gasteiger partial charge in [-0.3, -0.25) is 9.52 Å². The van der Waals surface area contributed by atoms with Crippen LogP contribution in [0, 0.1) is 0 Å². The molecular formula is C22H22N2O4S. The number of benzene rings is 3. The van der Waals surface area contributed by atoms with E-state index in [-0.39, 0.29) is 16.1 Å². The third-order valence-corrected chi connectivity index (χ3v) is 5.87. The molecule has 0 spiro atoms. The summed E-state index contributed by atoms with van der Waals surface area (Å²) in [6.45, 7) is 1.92. The summed E-state index contributed by atoms with van der Waals surface area (Å²) < 4.78 is 28.1. The largest absolute Gasteiger partial charge is 0.343 e. The van der Waals surface area contributed by atoms with Crippen molar-refractivity contribution >= 4 is 38.7 Å². The number of carbonyl (C=O) groups excluding carboxylic acids is 2. The van der Waals surface area contributed by atoms with Gasteiger partial charge in [-0.05, 0) is 47.5 Å². The predicted octanol–water partition coefficient (Wildman–Crippen LogP) is 3.74. The first-order valence-corrected chi connectivity index (χ1v) is 10.8. The second-order valence-electron chi connectivity index (χ2n) is 6.70. The van der Waals surface area contributed by atoms with Gasteiger partial charge in [0, 0.05) is 11.3 Å². The van der Waals surface area contributed by atoms with Gasteiger partial charge >= 0.3 is 0 Å². The molecule has 0 fully saturated rings. The number of hydrogen-bond acceptors (Lipinski definition) is 4. The Hall–Kier alpha value is -3.19. The minimum Gasteiger partial charge on any atom is -0.343 e. The van der Waals surface area contributed by atoms with Crippen LogP contribution in [0.5, 0.6) is 0 Å². The number of fused-ring (bicyclic) bond motifs is 1. The van der Waals surface area contributed by atoms with Gasteiger partial charge < -0.3 is 10.1 Å². The molecule has 3 aromatic carbocycles. The van der Waals surface area contributed by atoms with Gasteiger partial charge in [0.1, 0.15) is 6.29 Å². The van der Waals surface area contributed by atoms with Crippen molar-refractivity contribution in [2.75, 3.05) is 4.72 Å². The predicted molar refractivity (Wildman–Crippen MR) is 113 cm³/mol. The molecule has 0 heterocycles. The zero-order valence-electron chi connectivity index (χ0n) is 16.0. The maximum Gasteiger partial charge on any atom is 0.261 e. The van der Waals surface area contributed by atoms with Crippen molar-refractivity contribution in [3.63, 3.8) is 0 Å². The Morgan fingerprint density at radius 1 is 1.00 bits per heavy atom. The molecule has 29 heavy (non-hydrogen) atoms. The van der Waals surface area contributed by atoms with Gasteiger partial charge in [0.05, 0.1) is 10.9 Å². The maximum atomic E-state index is 12.8. The van der Waals surface area contributed by atoms with Gasteiger partial charge in [-0.2, -0.15) is 0 Å². The van der Waals surface area contributed by atoms with Crippen LogP contribution in [0.4, 0.5) is 5.69 Å². The first-order chi connectivity index (χ1) is 13.9. The minimum absolute atomic E-state index is 0.134. The fourth-order valence-corrected chi connectivity index (χ4v) is 4.09. The Balaban J connectivity index is 1.81. The molecule has 0 bridgehead atoms. The Morgan fingerprint density at radius 2 is 1.76 bits per heavy atom. The van der Waals surface area contributed by atoms with E-state index in [9.17, 15) is 18.0 Å². The van der Waals surface area contributed by atoms with Gasteiger partial charge in [-0.1, -0.05) is 49.7 Å². The van der Waals surface area contributed by atoms with Crippen molar-refractivity contribution in [3.8, 4) is 0 Å². The van der Waals surface area contributed by atoms with Crippen molar-refractivity contribution in [2.45, 2.75) is 30.7 Å². The van der Waals surface area contributed by atoms with Gasteiger partial charge in [-0.25, -0.2) is 8.42 Å². The fraction of sp³-hybridized carbons (Fsp3) is 0.182. The fourth-order valence-electron chi connectivity index (χ4n) is 3.01. The van der Waals surface area contributed by atoms with Crippen LogP contribution in [0.15, 0.2) is 71.6 Å². The number of anilines is 1. The van der Waals surface area contributed by atoms with Crippen LogP contribution >= 0.6 is 0 Å². The molecule has 150 valence electrons. The minimum atomic E-state index is -3.82. The van der Waals surface area contributed by atoms with Crippen LogP contribution < -0.4 is 10.0 Å². The number of hydrogen-bond donors (Lipinski definition) is 2. The first-order valence-electron chi connectivity index (χ1n) is 9.31. The Morgan fingerprint density at radius 3 is 2.48 bits per heavy atom. The standard InChI is InChI=1S/C22H22N2O4S/c1-2-6-20(15-25)23-22(26)18-9-5-10-19(13-18)24-29(27,28)21-12-11-16-7-3-4-8-17(16)14-21/h3-5,7-15,20,24H,2,6H2,1H3,(H,23,26). The van der Waals surface area contributed by atoms with Gasteiger partial charge in [0.25, 0.3) is 15.9 Å². The summed E-state index contributed by atoms with van der Waals surface area (Å²) in [5.74, 6) is -0.428. The van der Waals surface area contributed by atoms with Gasteiger partial charge in [0.15, 0.2) is 0 Å².